The van der Waals surface area contributed by atoms with E-state index < -0.39 is 0 Å². The first-order chi connectivity index (χ1) is 11.8. The Bertz CT molecular complexity index is 777. The Morgan fingerprint density at radius 3 is 2.50 bits per heavy atom. The van der Waals surface area contributed by atoms with Gasteiger partial charge in [0.05, 0.1) is 17.8 Å². The second-order valence-corrected chi connectivity index (χ2v) is 5.01. The van der Waals surface area contributed by atoms with Crippen molar-refractivity contribution in [3.8, 4) is 0 Å². The molecule has 2 N–H and O–H groups in total. The largest absolute Gasteiger partial charge is 0.350 e. The van der Waals surface area contributed by atoms with Gasteiger partial charge < -0.3 is 10.6 Å². The predicted molar refractivity (Wildman–Crippen MR) is 89.0 cm³/mol. The maximum absolute atomic E-state index is 12.1. The Morgan fingerprint density at radius 1 is 0.917 bits per heavy atom. The van der Waals surface area contributed by atoms with E-state index in [9.17, 15) is 4.79 Å². The lowest BCUT2D eigenvalue weighted by Gasteiger charge is -2.06. The molecule has 0 aromatic carbocycles. The second kappa shape index (κ2) is 7.77. The minimum Gasteiger partial charge on any atom is -0.350 e. The summed E-state index contributed by atoms with van der Waals surface area (Å²) in [6.07, 6.45) is 8.16. The molecule has 0 radical (unpaired) electrons. The number of pyridine rings is 2. The van der Waals surface area contributed by atoms with Gasteiger partial charge in [-0.2, -0.15) is 0 Å². The summed E-state index contributed by atoms with van der Waals surface area (Å²) in [5.41, 5.74) is 2.22. The number of carbonyl (C=O) groups excluding carboxylic acids is 1. The van der Waals surface area contributed by atoms with Gasteiger partial charge in [-0.15, -0.1) is 0 Å². The molecule has 0 aliphatic rings. The van der Waals surface area contributed by atoms with Gasteiger partial charge in [0.1, 0.15) is 0 Å². The van der Waals surface area contributed by atoms with Gasteiger partial charge in [0.15, 0.2) is 0 Å². The summed E-state index contributed by atoms with van der Waals surface area (Å²) in [5, 5.41) is 5.86. The van der Waals surface area contributed by atoms with Crippen LogP contribution in [0.1, 0.15) is 21.6 Å². The molecule has 0 saturated carbocycles. The van der Waals surface area contributed by atoms with Crippen molar-refractivity contribution in [1.82, 2.24) is 25.3 Å². The SMILES string of the molecule is O=C(NCc1ccccn1)c1cnc(NCc2cccnc2)nc1. The standard InChI is InChI=1S/C17H16N6O/c24-16(20-12-15-5-1-2-7-19-15)14-10-22-17(23-11-14)21-9-13-4-3-6-18-8-13/h1-8,10-11H,9,12H2,(H,20,24)(H,21,22,23). The predicted octanol–water partition coefficient (Wildman–Crippen LogP) is 1.81. The minimum atomic E-state index is -0.237. The summed E-state index contributed by atoms with van der Waals surface area (Å²) in [6, 6.07) is 9.38. The molecule has 0 bridgehead atoms. The molecule has 24 heavy (non-hydrogen) atoms. The van der Waals surface area contributed by atoms with Gasteiger partial charge >= 0.3 is 0 Å². The van der Waals surface area contributed by atoms with Crippen LogP contribution in [0, 0.1) is 0 Å². The van der Waals surface area contributed by atoms with E-state index in [2.05, 4.69) is 30.6 Å². The topological polar surface area (TPSA) is 92.7 Å². The lowest BCUT2D eigenvalue weighted by Crippen LogP contribution is -2.23. The number of anilines is 1. The molecule has 3 heterocycles. The average molecular weight is 320 g/mol. The van der Waals surface area contributed by atoms with Gasteiger partial charge in [-0.05, 0) is 23.8 Å². The summed E-state index contributed by atoms with van der Waals surface area (Å²) < 4.78 is 0. The van der Waals surface area contributed by atoms with Crippen molar-refractivity contribution in [2.75, 3.05) is 5.32 Å². The van der Waals surface area contributed by atoms with Crippen LogP contribution < -0.4 is 10.6 Å². The third kappa shape index (κ3) is 4.33. The number of hydrogen-bond acceptors (Lipinski definition) is 6. The summed E-state index contributed by atoms with van der Waals surface area (Å²) in [7, 11) is 0. The van der Waals surface area contributed by atoms with Crippen LogP contribution in [0.4, 0.5) is 5.95 Å². The molecule has 7 heteroatoms. The van der Waals surface area contributed by atoms with Crippen LogP contribution in [-0.4, -0.2) is 25.8 Å². The molecule has 1 amide bonds. The Hall–Kier alpha value is -3.35. The summed E-state index contributed by atoms with van der Waals surface area (Å²) in [6.45, 7) is 0.930. The van der Waals surface area contributed by atoms with Crippen molar-refractivity contribution in [1.29, 1.82) is 0 Å². The van der Waals surface area contributed by atoms with E-state index in [1.54, 1.807) is 18.6 Å². The van der Waals surface area contributed by atoms with Gasteiger partial charge in [-0.1, -0.05) is 12.1 Å². The molecular weight excluding hydrogens is 304 g/mol. The highest BCUT2D eigenvalue weighted by molar-refractivity contribution is 5.93. The monoisotopic (exact) mass is 320 g/mol. The van der Waals surface area contributed by atoms with Gasteiger partial charge in [0.25, 0.3) is 5.91 Å². The normalized spacial score (nSPS) is 10.2. The number of nitrogens with zero attached hydrogens (tertiary/aromatic N) is 4. The molecule has 120 valence electrons. The number of rotatable bonds is 6. The highest BCUT2D eigenvalue weighted by atomic mass is 16.1. The zero-order valence-electron chi connectivity index (χ0n) is 12.9. The number of aromatic nitrogens is 4. The molecule has 0 aliphatic heterocycles. The van der Waals surface area contributed by atoms with Crippen molar-refractivity contribution >= 4 is 11.9 Å². The van der Waals surface area contributed by atoms with Crippen LogP contribution in [0.2, 0.25) is 0 Å². The Balaban J connectivity index is 1.53. The fourth-order valence-corrected chi connectivity index (χ4v) is 2.00. The number of amides is 1. The van der Waals surface area contributed by atoms with Gasteiger partial charge in [-0.25, -0.2) is 9.97 Å². The zero-order valence-corrected chi connectivity index (χ0v) is 12.9. The lowest BCUT2D eigenvalue weighted by atomic mass is 10.3. The molecule has 0 unspecified atom stereocenters. The van der Waals surface area contributed by atoms with E-state index in [0.717, 1.165) is 11.3 Å². The molecule has 0 spiro atoms. The van der Waals surface area contributed by atoms with Crippen molar-refractivity contribution in [3.63, 3.8) is 0 Å². The molecular formula is C17H16N6O. The first kappa shape index (κ1) is 15.5. The molecule has 0 aliphatic carbocycles. The number of hydrogen-bond donors (Lipinski definition) is 2. The van der Waals surface area contributed by atoms with Crippen molar-refractivity contribution in [2.45, 2.75) is 13.1 Å². The quantitative estimate of drug-likeness (QED) is 0.719. The Morgan fingerprint density at radius 2 is 1.79 bits per heavy atom. The van der Waals surface area contributed by atoms with Crippen LogP contribution in [0.3, 0.4) is 0 Å². The second-order valence-electron chi connectivity index (χ2n) is 5.01. The van der Waals surface area contributed by atoms with Crippen LogP contribution in [-0.2, 0) is 13.1 Å². The van der Waals surface area contributed by atoms with Gasteiger partial charge in [0.2, 0.25) is 5.95 Å². The maximum atomic E-state index is 12.1. The molecule has 0 saturated heterocycles. The zero-order chi connectivity index (χ0) is 16.6. The molecule has 0 fully saturated rings. The fourth-order valence-electron chi connectivity index (χ4n) is 2.00. The van der Waals surface area contributed by atoms with E-state index >= 15 is 0 Å². The highest BCUT2D eigenvalue weighted by Crippen LogP contribution is 2.04. The van der Waals surface area contributed by atoms with Crippen molar-refractivity contribution in [3.05, 3.63) is 78.1 Å². The third-order valence-corrected chi connectivity index (χ3v) is 3.24. The van der Waals surface area contributed by atoms with Gasteiger partial charge in [0, 0.05) is 37.5 Å². The molecule has 3 aromatic heterocycles. The van der Waals surface area contributed by atoms with Gasteiger partial charge in [-0.3, -0.25) is 14.8 Å². The fraction of sp³-hybridized carbons (Fsp3) is 0.118. The van der Waals surface area contributed by atoms with Crippen molar-refractivity contribution in [2.24, 2.45) is 0 Å². The highest BCUT2D eigenvalue weighted by Gasteiger charge is 2.07. The third-order valence-electron chi connectivity index (χ3n) is 3.24. The Labute approximate surface area is 139 Å². The molecule has 3 aromatic rings. The average Bonchev–Trinajstić information content (AvgIpc) is 2.66. The van der Waals surface area contributed by atoms with Crippen LogP contribution in [0.5, 0.6) is 0 Å². The number of carbonyl (C=O) groups is 1. The van der Waals surface area contributed by atoms with E-state index in [0.29, 0.717) is 24.6 Å². The van der Waals surface area contributed by atoms with E-state index in [1.807, 2.05) is 30.3 Å². The number of nitrogens with one attached hydrogen (secondary N) is 2. The van der Waals surface area contributed by atoms with Crippen molar-refractivity contribution < 1.29 is 4.79 Å². The smallest absolute Gasteiger partial charge is 0.254 e. The first-order valence-corrected chi connectivity index (χ1v) is 7.44. The van der Waals surface area contributed by atoms with Crippen LogP contribution in [0.25, 0.3) is 0 Å². The maximum Gasteiger partial charge on any atom is 0.254 e. The molecule has 0 atom stereocenters. The molecule has 7 nitrogen and oxygen atoms in total. The minimum absolute atomic E-state index is 0.237. The van der Waals surface area contributed by atoms with E-state index in [1.165, 1.54) is 12.4 Å². The van der Waals surface area contributed by atoms with E-state index in [-0.39, 0.29) is 5.91 Å². The summed E-state index contributed by atoms with van der Waals surface area (Å²) in [5.74, 6) is 0.222. The lowest BCUT2D eigenvalue weighted by molar-refractivity contribution is 0.0949. The molecule has 3 rings (SSSR count). The Kier molecular flexibility index (Phi) is 5.03. The van der Waals surface area contributed by atoms with Crippen LogP contribution in [0.15, 0.2) is 61.3 Å². The first-order valence-electron chi connectivity index (χ1n) is 7.44. The summed E-state index contributed by atoms with van der Waals surface area (Å²) >= 11 is 0. The summed E-state index contributed by atoms with van der Waals surface area (Å²) in [4.78, 5) is 28.6. The van der Waals surface area contributed by atoms with Crippen LogP contribution >= 0.6 is 0 Å². The van der Waals surface area contributed by atoms with E-state index in [4.69, 9.17) is 0 Å².